The van der Waals surface area contributed by atoms with Crippen molar-refractivity contribution in [3.8, 4) is 23.7 Å². The third-order valence-corrected chi connectivity index (χ3v) is 3.05. The van der Waals surface area contributed by atoms with E-state index in [0.717, 1.165) is 41.3 Å². The molecule has 0 atom stereocenters. The monoisotopic (exact) mass is 259 g/mol. The van der Waals surface area contributed by atoms with Crippen LogP contribution in [0.2, 0.25) is 0 Å². The van der Waals surface area contributed by atoms with Gasteiger partial charge in [0.15, 0.2) is 0 Å². The average molecular weight is 259 g/mol. The Labute approximate surface area is 118 Å². The molecule has 3 heteroatoms. The fourth-order valence-corrected chi connectivity index (χ4v) is 2.05. The summed E-state index contributed by atoms with van der Waals surface area (Å²) >= 11 is 0. The van der Waals surface area contributed by atoms with E-state index in [1.54, 1.807) is 12.3 Å². The summed E-state index contributed by atoms with van der Waals surface area (Å²) in [5, 5.41) is 0. The van der Waals surface area contributed by atoms with Crippen molar-refractivity contribution in [3.05, 3.63) is 59.9 Å². The van der Waals surface area contributed by atoms with Crippen LogP contribution in [0.5, 0.6) is 0 Å². The Kier molecular flexibility index (Phi) is 3.38. The van der Waals surface area contributed by atoms with Crippen LogP contribution in [0.3, 0.4) is 0 Å². The second kappa shape index (κ2) is 5.50. The van der Waals surface area contributed by atoms with E-state index in [1.165, 1.54) is 0 Å². The summed E-state index contributed by atoms with van der Waals surface area (Å²) in [7, 11) is 0. The average Bonchev–Trinajstić information content (AvgIpc) is 2.56. The number of hydrogen-bond acceptors (Lipinski definition) is 3. The van der Waals surface area contributed by atoms with Gasteiger partial charge in [0, 0.05) is 18.3 Å². The first kappa shape index (κ1) is 12.3. The van der Waals surface area contributed by atoms with Crippen LogP contribution in [0, 0.1) is 12.3 Å². The van der Waals surface area contributed by atoms with Gasteiger partial charge in [-0.05, 0) is 36.8 Å². The van der Waals surface area contributed by atoms with Gasteiger partial charge in [0.2, 0.25) is 0 Å². The fraction of sp³-hybridized carbons (Fsp3) is 0.118. The SMILES string of the molecule is C#Cc1ccnc(-c2cccc(C3=NCCC=C3)n2)c1. The molecule has 3 nitrogen and oxygen atoms in total. The maximum absolute atomic E-state index is 5.42. The van der Waals surface area contributed by atoms with E-state index in [1.807, 2.05) is 30.3 Å². The van der Waals surface area contributed by atoms with Gasteiger partial charge in [-0.2, -0.15) is 0 Å². The lowest BCUT2D eigenvalue weighted by atomic mass is 10.1. The van der Waals surface area contributed by atoms with E-state index in [0.29, 0.717) is 0 Å². The minimum atomic E-state index is 0.780. The molecule has 3 rings (SSSR count). The van der Waals surface area contributed by atoms with Crippen LogP contribution < -0.4 is 0 Å². The van der Waals surface area contributed by atoms with E-state index in [2.05, 4.69) is 27.0 Å². The molecule has 20 heavy (non-hydrogen) atoms. The topological polar surface area (TPSA) is 38.1 Å². The molecular formula is C17H13N3. The van der Waals surface area contributed by atoms with Crippen molar-refractivity contribution in [2.24, 2.45) is 4.99 Å². The van der Waals surface area contributed by atoms with Crippen molar-refractivity contribution in [1.29, 1.82) is 0 Å². The molecule has 1 aliphatic rings. The molecule has 0 aromatic carbocycles. The molecule has 0 spiro atoms. The number of nitrogens with zero attached hydrogens (tertiary/aromatic N) is 3. The standard InChI is InChI=1S/C17H13N3/c1-2-13-9-11-19-17(12-13)16-8-5-7-15(20-16)14-6-3-4-10-18-14/h1,3,5-9,11-12H,4,10H2. The number of terminal acetylenes is 1. The van der Waals surface area contributed by atoms with Gasteiger partial charge in [0.05, 0.1) is 22.8 Å². The Hall–Kier alpha value is -2.73. The van der Waals surface area contributed by atoms with Crippen LogP contribution in [-0.2, 0) is 0 Å². The number of aliphatic imine (C=N–C) groups is 1. The molecule has 2 aromatic heterocycles. The Morgan fingerprint density at radius 1 is 1.10 bits per heavy atom. The third kappa shape index (κ3) is 2.50. The molecule has 2 aromatic rings. The van der Waals surface area contributed by atoms with Crippen molar-refractivity contribution in [3.63, 3.8) is 0 Å². The molecule has 0 bridgehead atoms. The number of dihydropyridines is 1. The molecule has 0 saturated carbocycles. The molecule has 96 valence electrons. The molecule has 0 N–H and O–H groups in total. The molecule has 3 heterocycles. The summed E-state index contributed by atoms with van der Waals surface area (Å²) in [6.07, 6.45) is 12.3. The molecule has 1 aliphatic heterocycles. The Morgan fingerprint density at radius 3 is 2.80 bits per heavy atom. The molecule has 0 amide bonds. The molecule has 0 saturated heterocycles. The quantitative estimate of drug-likeness (QED) is 0.778. The number of rotatable bonds is 2. The van der Waals surface area contributed by atoms with Crippen molar-refractivity contribution >= 4 is 5.71 Å². The molecule has 0 unspecified atom stereocenters. The Bertz CT molecular complexity index is 736. The first-order chi connectivity index (χ1) is 9.86. The summed E-state index contributed by atoms with van der Waals surface area (Å²) < 4.78 is 0. The summed E-state index contributed by atoms with van der Waals surface area (Å²) in [6, 6.07) is 9.53. The highest BCUT2D eigenvalue weighted by molar-refractivity contribution is 6.07. The maximum atomic E-state index is 5.42. The zero-order chi connectivity index (χ0) is 13.8. The van der Waals surface area contributed by atoms with E-state index in [4.69, 9.17) is 6.42 Å². The Morgan fingerprint density at radius 2 is 2.00 bits per heavy atom. The maximum Gasteiger partial charge on any atom is 0.0898 e. The van der Waals surface area contributed by atoms with Gasteiger partial charge in [-0.25, -0.2) is 4.98 Å². The van der Waals surface area contributed by atoms with Crippen molar-refractivity contribution < 1.29 is 0 Å². The van der Waals surface area contributed by atoms with Gasteiger partial charge in [-0.1, -0.05) is 18.1 Å². The van der Waals surface area contributed by atoms with Gasteiger partial charge in [-0.15, -0.1) is 6.42 Å². The van der Waals surface area contributed by atoms with Gasteiger partial charge in [-0.3, -0.25) is 9.98 Å². The zero-order valence-corrected chi connectivity index (χ0v) is 11.0. The second-order valence-corrected chi connectivity index (χ2v) is 4.44. The van der Waals surface area contributed by atoms with E-state index >= 15 is 0 Å². The molecule has 0 aliphatic carbocycles. The zero-order valence-electron chi connectivity index (χ0n) is 11.0. The van der Waals surface area contributed by atoms with Gasteiger partial charge in [0.1, 0.15) is 0 Å². The molecular weight excluding hydrogens is 246 g/mol. The van der Waals surface area contributed by atoms with Crippen molar-refractivity contribution in [1.82, 2.24) is 9.97 Å². The van der Waals surface area contributed by atoms with Crippen LogP contribution in [0.1, 0.15) is 17.7 Å². The highest BCUT2D eigenvalue weighted by Crippen LogP contribution is 2.16. The molecule has 0 fully saturated rings. The lowest BCUT2D eigenvalue weighted by Gasteiger charge is -2.07. The highest BCUT2D eigenvalue weighted by atomic mass is 14.8. The van der Waals surface area contributed by atoms with Crippen LogP contribution in [0.4, 0.5) is 0 Å². The van der Waals surface area contributed by atoms with Gasteiger partial charge in [0.25, 0.3) is 0 Å². The van der Waals surface area contributed by atoms with Crippen LogP contribution in [0.15, 0.2) is 53.7 Å². The first-order valence-electron chi connectivity index (χ1n) is 6.48. The smallest absolute Gasteiger partial charge is 0.0898 e. The summed E-state index contributed by atoms with van der Waals surface area (Å²) in [5.41, 5.74) is 4.18. The summed E-state index contributed by atoms with van der Waals surface area (Å²) in [6.45, 7) is 0.822. The Balaban J connectivity index is 2.01. The number of pyridine rings is 2. The number of hydrogen-bond donors (Lipinski definition) is 0. The minimum absolute atomic E-state index is 0.780. The lowest BCUT2D eigenvalue weighted by molar-refractivity contribution is 0.991. The van der Waals surface area contributed by atoms with E-state index in [9.17, 15) is 0 Å². The van der Waals surface area contributed by atoms with Crippen LogP contribution >= 0.6 is 0 Å². The van der Waals surface area contributed by atoms with Crippen molar-refractivity contribution in [2.75, 3.05) is 6.54 Å². The number of aromatic nitrogens is 2. The first-order valence-corrected chi connectivity index (χ1v) is 6.48. The van der Waals surface area contributed by atoms with Crippen LogP contribution in [0.25, 0.3) is 11.4 Å². The van der Waals surface area contributed by atoms with Crippen LogP contribution in [-0.4, -0.2) is 22.2 Å². The van der Waals surface area contributed by atoms with Gasteiger partial charge < -0.3 is 0 Å². The predicted molar refractivity (Wildman–Crippen MR) is 80.6 cm³/mol. The largest absolute Gasteiger partial charge is 0.283 e. The van der Waals surface area contributed by atoms with E-state index in [-0.39, 0.29) is 0 Å². The third-order valence-electron chi connectivity index (χ3n) is 3.05. The second-order valence-electron chi connectivity index (χ2n) is 4.44. The fourth-order valence-electron chi connectivity index (χ4n) is 2.05. The predicted octanol–water partition coefficient (Wildman–Crippen LogP) is 2.87. The molecule has 0 radical (unpaired) electrons. The summed E-state index contributed by atoms with van der Waals surface area (Å²) in [5.74, 6) is 2.61. The van der Waals surface area contributed by atoms with E-state index < -0.39 is 0 Å². The van der Waals surface area contributed by atoms with Crippen molar-refractivity contribution in [2.45, 2.75) is 6.42 Å². The van der Waals surface area contributed by atoms with Gasteiger partial charge >= 0.3 is 0 Å². The highest BCUT2D eigenvalue weighted by Gasteiger charge is 2.07. The number of allylic oxidation sites excluding steroid dienone is 1. The lowest BCUT2D eigenvalue weighted by Crippen LogP contribution is -2.05. The normalized spacial score (nSPS) is 13.7. The minimum Gasteiger partial charge on any atom is -0.283 e. The summed E-state index contributed by atoms with van der Waals surface area (Å²) in [4.78, 5) is 13.4.